The highest BCUT2D eigenvalue weighted by atomic mass is 35.5. The second kappa shape index (κ2) is 9.10. The summed E-state index contributed by atoms with van der Waals surface area (Å²) in [4.78, 5) is 34.3. The Kier molecular flexibility index (Phi) is 6.25. The molecule has 0 saturated carbocycles. The summed E-state index contributed by atoms with van der Waals surface area (Å²) in [6.07, 6.45) is 1.30. The van der Waals surface area contributed by atoms with Crippen molar-refractivity contribution in [2.24, 2.45) is 0 Å². The molecule has 0 unspecified atom stereocenters. The summed E-state index contributed by atoms with van der Waals surface area (Å²) in [5.74, 6) is -0.719. The van der Waals surface area contributed by atoms with Gasteiger partial charge in [-0.2, -0.15) is 0 Å². The number of methoxy groups -OCH3 is 1. The van der Waals surface area contributed by atoms with E-state index in [-0.39, 0.29) is 52.7 Å². The first-order valence-corrected chi connectivity index (χ1v) is 10.3. The van der Waals surface area contributed by atoms with Gasteiger partial charge in [0.2, 0.25) is 11.2 Å². The van der Waals surface area contributed by atoms with E-state index < -0.39 is 11.7 Å². The molecule has 32 heavy (non-hydrogen) atoms. The molecule has 10 heteroatoms. The van der Waals surface area contributed by atoms with Gasteiger partial charge in [0, 0.05) is 23.2 Å². The molecule has 4 rings (SSSR count). The van der Waals surface area contributed by atoms with Crippen molar-refractivity contribution in [1.29, 1.82) is 0 Å². The molecule has 1 aliphatic rings. The SMILES string of the molecule is COc1cccc(CNC(=O)CN2Cc3c(F)cc(-c4nc(Cl)ncc4Cl)cc3C2=O)c1. The molecular formula is C22H17Cl2FN4O3. The topological polar surface area (TPSA) is 84.4 Å². The Labute approximate surface area is 193 Å². The quantitative estimate of drug-likeness (QED) is 0.548. The molecule has 164 valence electrons. The summed E-state index contributed by atoms with van der Waals surface area (Å²) in [5, 5.41) is 2.88. The first-order valence-electron chi connectivity index (χ1n) is 9.55. The zero-order valence-electron chi connectivity index (χ0n) is 16.9. The molecule has 0 fully saturated rings. The molecule has 0 atom stereocenters. The van der Waals surface area contributed by atoms with Gasteiger partial charge in [-0.25, -0.2) is 14.4 Å². The van der Waals surface area contributed by atoms with Crippen LogP contribution in [-0.2, 0) is 17.9 Å². The standard InChI is InChI=1S/C22H17Cl2FN4O3/c1-32-14-4-2-3-12(5-14)8-26-19(30)11-29-10-16-15(21(29)31)6-13(7-18(16)25)20-17(23)9-27-22(24)28-20/h2-7,9H,8,10-11H2,1H3,(H,26,30). The first-order chi connectivity index (χ1) is 15.4. The monoisotopic (exact) mass is 474 g/mol. The number of aromatic nitrogens is 2. The fourth-order valence-electron chi connectivity index (χ4n) is 3.45. The minimum absolute atomic E-state index is 0.00881. The van der Waals surface area contributed by atoms with Crippen LogP contribution in [0.3, 0.4) is 0 Å². The average molecular weight is 475 g/mol. The molecule has 0 spiro atoms. The number of carbonyl (C=O) groups is 2. The van der Waals surface area contributed by atoms with Crippen molar-refractivity contribution in [3.63, 3.8) is 0 Å². The van der Waals surface area contributed by atoms with Crippen LogP contribution in [0.2, 0.25) is 10.3 Å². The molecule has 7 nitrogen and oxygen atoms in total. The van der Waals surface area contributed by atoms with Gasteiger partial charge in [0.1, 0.15) is 18.1 Å². The van der Waals surface area contributed by atoms with E-state index in [1.807, 2.05) is 12.1 Å². The van der Waals surface area contributed by atoms with Crippen LogP contribution in [0.25, 0.3) is 11.3 Å². The maximum absolute atomic E-state index is 14.8. The number of fused-ring (bicyclic) bond motifs is 1. The Balaban J connectivity index is 1.47. The van der Waals surface area contributed by atoms with Crippen LogP contribution in [0, 0.1) is 5.82 Å². The van der Waals surface area contributed by atoms with E-state index in [1.54, 1.807) is 19.2 Å². The first kappa shape index (κ1) is 22.0. The van der Waals surface area contributed by atoms with Crippen molar-refractivity contribution in [3.8, 4) is 17.0 Å². The largest absolute Gasteiger partial charge is 0.497 e. The Morgan fingerprint density at radius 2 is 2.09 bits per heavy atom. The van der Waals surface area contributed by atoms with E-state index in [0.29, 0.717) is 11.3 Å². The van der Waals surface area contributed by atoms with E-state index in [0.717, 1.165) is 5.56 Å². The molecule has 3 aromatic rings. The van der Waals surface area contributed by atoms with Gasteiger partial charge in [-0.05, 0) is 41.4 Å². The number of nitrogens with one attached hydrogen (secondary N) is 1. The Hall–Kier alpha value is -3.23. The molecule has 0 radical (unpaired) electrons. The van der Waals surface area contributed by atoms with Crippen LogP contribution in [0.1, 0.15) is 21.5 Å². The van der Waals surface area contributed by atoms with Crippen molar-refractivity contribution in [2.45, 2.75) is 13.1 Å². The summed E-state index contributed by atoms with van der Waals surface area (Å²) in [7, 11) is 1.56. The predicted octanol–water partition coefficient (Wildman–Crippen LogP) is 3.87. The molecule has 1 aliphatic heterocycles. The third-order valence-corrected chi connectivity index (χ3v) is 5.47. The van der Waals surface area contributed by atoms with Crippen LogP contribution < -0.4 is 10.1 Å². The van der Waals surface area contributed by atoms with Gasteiger partial charge in [-0.3, -0.25) is 9.59 Å². The lowest BCUT2D eigenvalue weighted by molar-refractivity contribution is -0.122. The average Bonchev–Trinajstić information content (AvgIpc) is 3.10. The van der Waals surface area contributed by atoms with Gasteiger partial charge in [-0.1, -0.05) is 23.7 Å². The number of ether oxygens (including phenoxy) is 1. The molecule has 1 aromatic heterocycles. The number of benzene rings is 2. The smallest absolute Gasteiger partial charge is 0.255 e. The summed E-state index contributed by atoms with van der Waals surface area (Å²) in [6, 6.07) is 10.0. The van der Waals surface area contributed by atoms with Gasteiger partial charge in [0.25, 0.3) is 5.91 Å². The van der Waals surface area contributed by atoms with Gasteiger partial charge in [0.15, 0.2) is 0 Å². The number of nitrogens with zero attached hydrogens (tertiary/aromatic N) is 3. The fraction of sp³-hybridized carbons (Fsp3) is 0.182. The number of halogens is 3. The summed E-state index contributed by atoms with van der Waals surface area (Å²) >= 11 is 11.9. The highest BCUT2D eigenvalue weighted by Crippen LogP contribution is 2.33. The van der Waals surface area contributed by atoms with Crippen LogP contribution in [0.5, 0.6) is 5.75 Å². The van der Waals surface area contributed by atoms with E-state index in [4.69, 9.17) is 27.9 Å². The van der Waals surface area contributed by atoms with Crippen LogP contribution in [0.15, 0.2) is 42.6 Å². The van der Waals surface area contributed by atoms with E-state index in [2.05, 4.69) is 15.3 Å². The van der Waals surface area contributed by atoms with Crippen LogP contribution in [0.4, 0.5) is 4.39 Å². The molecule has 2 aromatic carbocycles. The molecule has 2 amide bonds. The van der Waals surface area contributed by atoms with Gasteiger partial charge in [0.05, 0.1) is 30.6 Å². The number of rotatable bonds is 6. The summed E-state index contributed by atoms with van der Waals surface area (Å²) in [5.41, 5.74) is 1.75. The molecule has 0 saturated heterocycles. The third-order valence-electron chi connectivity index (χ3n) is 5.01. The molecule has 2 heterocycles. The number of hydrogen-bond donors (Lipinski definition) is 1. The second-order valence-corrected chi connectivity index (χ2v) is 7.85. The minimum Gasteiger partial charge on any atom is -0.497 e. The Morgan fingerprint density at radius 3 is 2.88 bits per heavy atom. The normalized spacial score (nSPS) is 12.6. The van der Waals surface area contributed by atoms with Crippen molar-refractivity contribution in [1.82, 2.24) is 20.2 Å². The van der Waals surface area contributed by atoms with Gasteiger partial charge in [-0.15, -0.1) is 0 Å². The predicted molar refractivity (Wildman–Crippen MR) is 117 cm³/mol. The third kappa shape index (κ3) is 4.51. The maximum Gasteiger partial charge on any atom is 0.255 e. The fourth-order valence-corrected chi connectivity index (χ4v) is 3.78. The summed E-state index contributed by atoms with van der Waals surface area (Å²) < 4.78 is 19.9. The number of carbonyl (C=O) groups excluding carboxylic acids is 2. The zero-order valence-corrected chi connectivity index (χ0v) is 18.4. The lowest BCUT2D eigenvalue weighted by Crippen LogP contribution is -2.37. The molecule has 0 aliphatic carbocycles. The number of hydrogen-bond acceptors (Lipinski definition) is 5. The number of amides is 2. The lowest BCUT2D eigenvalue weighted by atomic mass is 10.0. The van der Waals surface area contributed by atoms with Crippen LogP contribution >= 0.6 is 23.2 Å². The van der Waals surface area contributed by atoms with Crippen LogP contribution in [-0.4, -0.2) is 40.3 Å². The zero-order chi connectivity index (χ0) is 22.8. The Bertz CT molecular complexity index is 1220. The Morgan fingerprint density at radius 1 is 1.28 bits per heavy atom. The van der Waals surface area contributed by atoms with Crippen molar-refractivity contribution in [2.75, 3.05) is 13.7 Å². The highest BCUT2D eigenvalue weighted by Gasteiger charge is 2.32. The van der Waals surface area contributed by atoms with Crippen molar-refractivity contribution >= 4 is 35.0 Å². The summed E-state index contributed by atoms with van der Waals surface area (Å²) in [6.45, 7) is 0.0635. The van der Waals surface area contributed by atoms with E-state index >= 15 is 0 Å². The minimum atomic E-state index is -0.587. The maximum atomic E-state index is 14.8. The van der Waals surface area contributed by atoms with Crippen molar-refractivity contribution in [3.05, 3.63) is 75.4 Å². The second-order valence-electron chi connectivity index (χ2n) is 7.11. The van der Waals surface area contributed by atoms with E-state index in [9.17, 15) is 14.0 Å². The van der Waals surface area contributed by atoms with Gasteiger partial charge >= 0.3 is 0 Å². The molecular weight excluding hydrogens is 458 g/mol. The van der Waals surface area contributed by atoms with E-state index in [1.165, 1.54) is 23.2 Å². The van der Waals surface area contributed by atoms with Gasteiger partial charge < -0.3 is 15.0 Å². The lowest BCUT2D eigenvalue weighted by Gasteiger charge is -2.15. The van der Waals surface area contributed by atoms with Crippen molar-refractivity contribution < 1.29 is 18.7 Å². The highest BCUT2D eigenvalue weighted by molar-refractivity contribution is 6.33. The molecule has 1 N–H and O–H groups in total. The molecule has 0 bridgehead atoms.